The Kier molecular flexibility index (Phi) is 3.63. The van der Waals surface area contributed by atoms with Gasteiger partial charge in [0.1, 0.15) is 5.84 Å². The van der Waals surface area contributed by atoms with Crippen molar-refractivity contribution < 1.29 is 4.74 Å². The third-order valence-corrected chi connectivity index (χ3v) is 4.72. The quantitative estimate of drug-likeness (QED) is 0.759. The van der Waals surface area contributed by atoms with Crippen LogP contribution in [0, 0.1) is 5.92 Å². The van der Waals surface area contributed by atoms with Crippen molar-refractivity contribution in [3.05, 3.63) is 11.3 Å². The Morgan fingerprint density at radius 1 is 1.26 bits per heavy atom. The minimum Gasteiger partial charge on any atom is -0.379 e. The van der Waals surface area contributed by atoms with E-state index < -0.39 is 0 Å². The number of nitrogens with zero attached hydrogens (tertiary/aromatic N) is 3. The van der Waals surface area contributed by atoms with E-state index in [0.29, 0.717) is 6.04 Å². The lowest BCUT2D eigenvalue weighted by atomic mass is 10.0. The zero-order valence-electron chi connectivity index (χ0n) is 12.4. The minimum absolute atomic E-state index is 0.369. The van der Waals surface area contributed by atoms with Crippen LogP contribution < -0.4 is 0 Å². The Labute approximate surface area is 116 Å². The highest BCUT2D eigenvalue weighted by Crippen LogP contribution is 2.34. The number of amidine groups is 1. The van der Waals surface area contributed by atoms with Gasteiger partial charge in [-0.25, -0.2) is 0 Å². The van der Waals surface area contributed by atoms with Crippen LogP contribution in [0.3, 0.4) is 0 Å². The van der Waals surface area contributed by atoms with Crippen LogP contribution in [0.15, 0.2) is 16.3 Å². The zero-order chi connectivity index (χ0) is 13.4. The number of hydrogen-bond acceptors (Lipinski definition) is 4. The molecule has 0 spiro atoms. The molecule has 0 amide bonds. The maximum atomic E-state index is 5.43. The number of hydrogen-bond donors (Lipinski definition) is 0. The molecule has 4 nitrogen and oxygen atoms in total. The number of fused-ring (bicyclic) bond motifs is 1. The van der Waals surface area contributed by atoms with Gasteiger partial charge in [-0.2, -0.15) is 0 Å². The molecule has 3 aliphatic heterocycles. The molecule has 0 unspecified atom stereocenters. The van der Waals surface area contributed by atoms with Crippen molar-refractivity contribution in [1.82, 2.24) is 9.80 Å². The topological polar surface area (TPSA) is 28.1 Å². The first-order valence-electron chi connectivity index (χ1n) is 7.47. The van der Waals surface area contributed by atoms with Gasteiger partial charge in [-0.15, -0.1) is 0 Å². The Morgan fingerprint density at radius 3 is 2.74 bits per heavy atom. The van der Waals surface area contributed by atoms with E-state index in [2.05, 4.69) is 30.6 Å². The molecule has 19 heavy (non-hydrogen) atoms. The van der Waals surface area contributed by atoms with Crippen LogP contribution in [-0.4, -0.2) is 61.1 Å². The molecule has 0 aliphatic carbocycles. The van der Waals surface area contributed by atoms with E-state index in [0.717, 1.165) is 38.8 Å². The van der Waals surface area contributed by atoms with Gasteiger partial charge in [-0.05, 0) is 38.7 Å². The fraction of sp³-hybridized carbons (Fsp3) is 0.800. The second kappa shape index (κ2) is 5.25. The molecular formula is C15H25N3O. The molecule has 3 aliphatic rings. The van der Waals surface area contributed by atoms with Crippen molar-refractivity contribution in [3.63, 3.8) is 0 Å². The normalized spacial score (nSPS) is 32.6. The van der Waals surface area contributed by atoms with E-state index in [9.17, 15) is 0 Å². The smallest absolute Gasteiger partial charge is 0.101 e. The van der Waals surface area contributed by atoms with E-state index in [1.54, 1.807) is 5.70 Å². The van der Waals surface area contributed by atoms with Crippen molar-refractivity contribution in [3.8, 4) is 0 Å². The van der Waals surface area contributed by atoms with Crippen molar-refractivity contribution in [1.29, 1.82) is 0 Å². The average molecular weight is 263 g/mol. The van der Waals surface area contributed by atoms with Gasteiger partial charge in [0.25, 0.3) is 0 Å². The summed E-state index contributed by atoms with van der Waals surface area (Å²) in [6.45, 7) is 12.9. The maximum absolute atomic E-state index is 5.43. The third-order valence-electron chi connectivity index (χ3n) is 4.72. The van der Waals surface area contributed by atoms with Gasteiger partial charge in [0.2, 0.25) is 0 Å². The molecule has 2 fully saturated rings. The predicted octanol–water partition coefficient (Wildman–Crippen LogP) is 1.74. The van der Waals surface area contributed by atoms with Crippen LogP contribution in [0.2, 0.25) is 0 Å². The van der Waals surface area contributed by atoms with Crippen LogP contribution in [0.4, 0.5) is 0 Å². The summed E-state index contributed by atoms with van der Waals surface area (Å²) < 4.78 is 5.43. The summed E-state index contributed by atoms with van der Waals surface area (Å²) >= 11 is 0. The second-order valence-electron chi connectivity index (χ2n) is 6.08. The Hall–Kier alpha value is -0.870. The van der Waals surface area contributed by atoms with Crippen LogP contribution in [0.5, 0.6) is 0 Å². The molecule has 4 heteroatoms. The highest BCUT2D eigenvalue weighted by atomic mass is 16.5. The fourth-order valence-corrected chi connectivity index (χ4v) is 3.48. The lowest BCUT2D eigenvalue weighted by Crippen LogP contribution is -2.40. The van der Waals surface area contributed by atoms with Crippen molar-refractivity contribution in [2.75, 3.05) is 39.4 Å². The molecule has 0 radical (unpaired) electrons. The zero-order valence-corrected chi connectivity index (χ0v) is 12.4. The Morgan fingerprint density at radius 2 is 2.00 bits per heavy atom. The average Bonchev–Trinajstić information content (AvgIpc) is 2.82. The third kappa shape index (κ3) is 2.56. The fourth-order valence-electron chi connectivity index (χ4n) is 3.48. The Balaban J connectivity index is 1.67. The molecule has 0 N–H and O–H groups in total. The maximum Gasteiger partial charge on any atom is 0.101 e. The SMILES string of the molecule is CC1=N[C@H](C)C(C)=C2C[C@@H](CN3CCOCC3)CN12. The molecule has 0 aromatic rings. The van der Waals surface area contributed by atoms with Gasteiger partial charge in [0, 0.05) is 31.9 Å². The first-order chi connectivity index (χ1) is 9.15. The molecule has 3 rings (SSSR count). The van der Waals surface area contributed by atoms with Crippen LogP contribution in [0.1, 0.15) is 27.2 Å². The van der Waals surface area contributed by atoms with Crippen LogP contribution in [0.25, 0.3) is 0 Å². The summed E-state index contributed by atoms with van der Waals surface area (Å²) in [4.78, 5) is 9.74. The summed E-state index contributed by atoms with van der Waals surface area (Å²) in [6, 6.07) is 0.369. The van der Waals surface area contributed by atoms with Gasteiger partial charge in [-0.1, -0.05) is 0 Å². The van der Waals surface area contributed by atoms with Crippen LogP contribution >= 0.6 is 0 Å². The van der Waals surface area contributed by atoms with Gasteiger partial charge in [0.15, 0.2) is 0 Å². The number of ether oxygens (including phenoxy) is 1. The highest BCUT2D eigenvalue weighted by Gasteiger charge is 2.34. The van der Waals surface area contributed by atoms with Gasteiger partial charge >= 0.3 is 0 Å². The first-order valence-corrected chi connectivity index (χ1v) is 7.47. The standard InChI is InChI=1S/C15H25N3O/c1-11-12(2)16-13(3)18-10-14(8-15(11)18)9-17-4-6-19-7-5-17/h12,14H,4-10H2,1-3H3/t12-,14+/m1/s1. The van der Waals surface area contributed by atoms with E-state index in [1.165, 1.54) is 24.4 Å². The van der Waals surface area contributed by atoms with Gasteiger partial charge in [0.05, 0.1) is 19.3 Å². The highest BCUT2D eigenvalue weighted by molar-refractivity contribution is 5.83. The molecule has 2 atom stereocenters. The number of rotatable bonds is 2. The van der Waals surface area contributed by atoms with Crippen molar-refractivity contribution in [2.24, 2.45) is 10.9 Å². The number of aliphatic imine (C=N–C) groups is 1. The van der Waals surface area contributed by atoms with E-state index in [-0.39, 0.29) is 0 Å². The molecular weight excluding hydrogens is 238 g/mol. The van der Waals surface area contributed by atoms with Crippen molar-refractivity contribution >= 4 is 5.84 Å². The lowest BCUT2D eigenvalue weighted by Gasteiger charge is -2.29. The van der Waals surface area contributed by atoms with Crippen LogP contribution in [-0.2, 0) is 4.74 Å². The van der Waals surface area contributed by atoms with E-state index in [4.69, 9.17) is 9.73 Å². The molecule has 0 bridgehead atoms. The van der Waals surface area contributed by atoms with Gasteiger partial charge < -0.3 is 9.64 Å². The monoisotopic (exact) mass is 263 g/mol. The van der Waals surface area contributed by atoms with E-state index in [1.807, 2.05) is 0 Å². The molecule has 0 aromatic heterocycles. The van der Waals surface area contributed by atoms with Gasteiger partial charge in [-0.3, -0.25) is 9.89 Å². The molecule has 3 heterocycles. The number of morpholine rings is 1. The first kappa shape index (κ1) is 13.1. The summed E-state index contributed by atoms with van der Waals surface area (Å²) in [5.74, 6) is 1.95. The molecule has 106 valence electrons. The summed E-state index contributed by atoms with van der Waals surface area (Å²) in [7, 11) is 0. The molecule has 2 saturated heterocycles. The Bertz CT molecular complexity index is 410. The second-order valence-corrected chi connectivity index (χ2v) is 6.08. The molecule has 0 saturated carbocycles. The predicted molar refractivity (Wildman–Crippen MR) is 77.3 cm³/mol. The molecule has 0 aromatic carbocycles. The minimum atomic E-state index is 0.369. The number of allylic oxidation sites excluding steroid dienone is 1. The summed E-state index contributed by atoms with van der Waals surface area (Å²) in [5, 5.41) is 0. The largest absolute Gasteiger partial charge is 0.379 e. The summed E-state index contributed by atoms with van der Waals surface area (Å²) in [6.07, 6.45) is 1.22. The lowest BCUT2D eigenvalue weighted by molar-refractivity contribution is 0.0316. The van der Waals surface area contributed by atoms with E-state index >= 15 is 0 Å². The van der Waals surface area contributed by atoms with Crippen molar-refractivity contribution in [2.45, 2.75) is 33.2 Å². The summed E-state index contributed by atoms with van der Waals surface area (Å²) in [5.41, 5.74) is 3.01.